The van der Waals surface area contributed by atoms with Crippen LogP contribution >= 0.6 is 11.6 Å². The summed E-state index contributed by atoms with van der Waals surface area (Å²) in [5, 5.41) is 21.0. The van der Waals surface area contributed by atoms with Crippen LogP contribution in [-0.4, -0.2) is 25.6 Å². The van der Waals surface area contributed by atoms with Crippen LogP contribution in [0.15, 0.2) is 76.1 Å². The molecule has 2 aromatic carbocycles. The number of aromatic nitrogens is 2. The smallest absolute Gasteiger partial charge is 0.349 e. The van der Waals surface area contributed by atoms with E-state index in [4.69, 9.17) is 16.0 Å². The molecule has 0 radical (unpaired) electrons. The molecule has 3 heterocycles. The number of carboxylic acid groups (broad SMARTS) is 1. The predicted octanol–water partition coefficient (Wildman–Crippen LogP) is 4.83. The molecule has 0 saturated heterocycles. The predicted molar refractivity (Wildman–Crippen MR) is 116 cm³/mol. The molecule has 0 atom stereocenters. The van der Waals surface area contributed by atoms with Gasteiger partial charge >= 0.3 is 11.6 Å². The van der Waals surface area contributed by atoms with Crippen LogP contribution in [0.3, 0.4) is 0 Å². The first-order valence-corrected chi connectivity index (χ1v) is 9.58. The van der Waals surface area contributed by atoms with Crippen molar-refractivity contribution >= 4 is 34.2 Å². The van der Waals surface area contributed by atoms with Gasteiger partial charge in [-0.25, -0.2) is 14.6 Å². The molecule has 5 rings (SSSR count). The summed E-state index contributed by atoms with van der Waals surface area (Å²) in [5.41, 5.74) is 1.29. The minimum atomic E-state index is -1.05. The second kappa shape index (κ2) is 7.00. The summed E-state index contributed by atoms with van der Waals surface area (Å²) < 4.78 is 7.05. The third kappa shape index (κ3) is 3.03. The van der Waals surface area contributed by atoms with Gasteiger partial charge in [0.25, 0.3) is 0 Å². The number of pyridine rings is 1. The highest BCUT2D eigenvalue weighted by Crippen LogP contribution is 2.39. The van der Waals surface area contributed by atoms with Crippen molar-refractivity contribution in [1.82, 2.24) is 9.38 Å². The van der Waals surface area contributed by atoms with E-state index in [9.17, 15) is 19.8 Å². The van der Waals surface area contributed by atoms with Gasteiger partial charge in [-0.15, -0.1) is 0 Å². The zero-order chi connectivity index (χ0) is 21.7. The van der Waals surface area contributed by atoms with Gasteiger partial charge in [-0.05, 0) is 36.4 Å². The first kappa shape index (κ1) is 18.9. The molecule has 0 saturated carbocycles. The summed E-state index contributed by atoms with van der Waals surface area (Å²) in [7, 11) is 0. The zero-order valence-corrected chi connectivity index (χ0v) is 16.5. The normalized spacial score (nSPS) is 11.3. The van der Waals surface area contributed by atoms with E-state index in [-0.39, 0.29) is 28.2 Å². The number of carbonyl (C=O) groups is 1. The Labute approximate surface area is 179 Å². The van der Waals surface area contributed by atoms with Crippen molar-refractivity contribution in [2.75, 3.05) is 0 Å². The van der Waals surface area contributed by atoms with E-state index in [1.54, 1.807) is 59.1 Å². The van der Waals surface area contributed by atoms with Crippen molar-refractivity contribution in [2.45, 2.75) is 0 Å². The molecule has 5 aromatic rings. The number of para-hydroxylation sites is 1. The van der Waals surface area contributed by atoms with E-state index in [0.29, 0.717) is 27.3 Å². The maximum absolute atomic E-state index is 12.9. The molecule has 0 aliphatic heterocycles. The second-order valence-corrected chi connectivity index (χ2v) is 7.31. The van der Waals surface area contributed by atoms with Crippen LogP contribution in [0.1, 0.15) is 10.4 Å². The first-order valence-electron chi connectivity index (χ1n) is 9.20. The Kier molecular flexibility index (Phi) is 4.27. The lowest BCUT2D eigenvalue weighted by Gasteiger charge is -2.09. The fourth-order valence-electron chi connectivity index (χ4n) is 3.57. The quantitative estimate of drug-likeness (QED) is 0.395. The molecule has 0 bridgehead atoms. The third-order valence-corrected chi connectivity index (χ3v) is 5.23. The monoisotopic (exact) mass is 432 g/mol. The van der Waals surface area contributed by atoms with Crippen molar-refractivity contribution in [3.63, 3.8) is 0 Å². The number of aromatic hydroxyl groups is 1. The fourth-order valence-corrected chi connectivity index (χ4v) is 3.73. The molecule has 8 heteroatoms. The number of nitrogens with zero attached hydrogens (tertiary/aromatic N) is 2. The molecule has 152 valence electrons. The Bertz CT molecular complexity index is 1550. The minimum Gasteiger partial charge on any atom is -0.506 e. The number of fused-ring (bicyclic) bond motifs is 2. The lowest BCUT2D eigenvalue weighted by atomic mass is 10.0. The lowest BCUT2D eigenvalue weighted by molar-refractivity contribution is 0.0697. The third-order valence-electron chi connectivity index (χ3n) is 5.01. The molecule has 0 aliphatic rings. The summed E-state index contributed by atoms with van der Waals surface area (Å²) in [4.78, 5) is 28.7. The largest absolute Gasteiger partial charge is 0.506 e. The van der Waals surface area contributed by atoms with Crippen molar-refractivity contribution in [3.05, 3.63) is 87.9 Å². The van der Waals surface area contributed by atoms with Crippen LogP contribution in [0.4, 0.5) is 0 Å². The molecule has 0 fully saturated rings. The van der Waals surface area contributed by atoms with Crippen molar-refractivity contribution < 1.29 is 19.4 Å². The van der Waals surface area contributed by atoms with Crippen LogP contribution < -0.4 is 5.63 Å². The van der Waals surface area contributed by atoms with Crippen LogP contribution in [-0.2, 0) is 0 Å². The van der Waals surface area contributed by atoms with E-state index in [0.717, 1.165) is 0 Å². The highest BCUT2D eigenvalue weighted by Gasteiger charge is 2.24. The van der Waals surface area contributed by atoms with Gasteiger partial charge in [-0.2, -0.15) is 0 Å². The van der Waals surface area contributed by atoms with E-state index in [1.165, 1.54) is 12.1 Å². The SMILES string of the molecule is O=C(O)c1ccc(-c2nc3ccc(Cl)cn3c2-c2c(O)c3ccccc3oc2=O)cc1. The van der Waals surface area contributed by atoms with Gasteiger partial charge in [-0.3, -0.25) is 4.40 Å². The lowest BCUT2D eigenvalue weighted by Crippen LogP contribution is -2.06. The molecule has 0 amide bonds. The molecular weight excluding hydrogens is 420 g/mol. The first-order chi connectivity index (χ1) is 14.9. The average Bonchev–Trinajstić information content (AvgIpc) is 3.12. The molecular formula is C23H13ClN2O5. The molecule has 0 aliphatic carbocycles. The zero-order valence-electron chi connectivity index (χ0n) is 15.7. The van der Waals surface area contributed by atoms with Gasteiger partial charge in [0.15, 0.2) is 0 Å². The molecule has 2 N–H and O–H groups in total. The Morgan fingerprint density at radius 1 is 1.03 bits per heavy atom. The molecule has 31 heavy (non-hydrogen) atoms. The topological polar surface area (TPSA) is 105 Å². The summed E-state index contributed by atoms with van der Waals surface area (Å²) in [6.45, 7) is 0. The summed E-state index contributed by atoms with van der Waals surface area (Å²) >= 11 is 6.19. The highest BCUT2D eigenvalue weighted by molar-refractivity contribution is 6.30. The number of rotatable bonds is 3. The molecule has 7 nitrogen and oxygen atoms in total. The van der Waals surface area contributed by atoms with Gasteiger partial charge < -0.3 is 14.6 Å². The van der Waals surface area contributed by atoms with E-state index in [1.807, 2.05) is 0 Å². The molecule has 3 aromatic heterocycles. The van der Waals surface area contributed by atoms with Gasteiger partial charge in [0.05, 0.1) is 27.4 Å². The van der Waals surface area contributed by atoms with Gasteiger partial charge in [0.2, 0.25) is 0 Å². The number of hydrogen-bond acceptors (Lipinski definition) is 5. The van der Waals surface area contributed by atoms with Crippen molar-refractivity contribution in [1.29, 1.82) is 0 Å². The Balaban J connectivity index is 1.88. The number of imidazole rings is 1. The number of benzene rings is 2. The standard InChI is InChI=1S/C23H13ClN2O5/c24-14-9-10-17-25-19(12-5-7-13(8-6-12)22(28)29)20(26(17)11-14)18-21(27)15-3-1-2-4-16(15)31-23(18)30/h1-11,27H,(H,28,29). The highest BCUT2D eigenvalue weighted by atomic mass is 35.5. The Morgan fingerprint density at radius 3 is 2.52 bits per heavy atom. The van der Waals surface area contributed by atoms with Gasteiger partial charge in [-0.1, -0.05) is 35.9 Å². The fraction of sp³-hybridized carbons (Fsp3) is 0. The van der Waals surface area contributed by atoms with Crippen LogP contribution in [0, 0.1) is 0 Å². The van der Waals surface area contributed by atoms with Crippen LogP contribution in [0.25, 0.3) is 39.1 Å². The number of carboxylic acids is 1. The van der Waals surface area contributed by atoms with E-state index < -0.39 is 11.6 Å². The van der Waals surface area contributed by atoms with Gasteiger partial charge in [0.1, 0.15) is 22.5 Å². The molecule has 0 unspecified atom stereocenters. The van der Waals surface area contributed by atoms with Crippen LogP contribution in [0.5, 0.6) is 5.75 Å². The van der Waals surface area contributed by atoms with Crippen LogP contribution in [0.2, 0.25) is 5.02 Å². The van der Waals surface area contributed by atoms with Crippen molar-refractivity contribution in [2.24, 2.45) is 0 Å². The minimum absolute atomic E-state index is 0.0641. The number of aromatic carboxylic acids is 1. The maximum Gasteiger partial charge on any atom is 0.349 e. The summed E-state index contributed by atoms with van der Waals surface area (Å²) in [6, 6.07) is 16.1. The number of hydrogen-bond donors (Lipinski definition) is 2. The number of halogens is 1. The van der Waals surface area contributed by atoms with E-state index in [2.05, 4.69) is 4.98 Å². The Hall–Kier alpha value is -4.10. The maximum atomic E-state index is 12.9. The second-order valence-electron chi connectivity index (χ2n) is 6.88. The molecule has 0 spiro atoms. The summed E-state index contributed by atoms with van der Waals surface area (Å²) in [5.74, 6) is -1.29. The Morgan fingerprint density at radius 2 is 1.77 bits per heavy atom. The summed E-state index contributed by atoms with van der Waals surface area (Å²) in [6.07, 6.45) is 1.59. The van der Waals surface area contributed by atoms with E-state index >= 15 is 0 Å². The van der Waals surface area contributed by atoms with Gasteiger partial charge in [0, 0.05) is 11.8 Å². The average molecular weight is 433 g/mol. The van der Waals surface area contributed by atoms with Crippen molar-refractivity contribution in [3.8, 4) is 28.3 Å².